The highest BCUT2D eigenvalue weighted by Gasteiger charge is 2.10. The van der Waals surface area contributed by atoms with Gasteiger partial charge in [-0.3, -0.25) is 4.79 Å². The van der Waals surface area contributed by atoms with Gasteiger partial charge in [-0.05, 0) is 29.8 Å². The SMILES string of the molecule is NC(=O)c1ccc(N)cc1Oc1cccc(CO)c1. The molecular weight excluding hydrogens is 244 g/mol. The summed E-state index contributed by atoms with van der Waals surface area (Å²) in [4.78, 5) is 11.3. The molecule has 0 aliphatic carbocycles. The van der Waals surface area contributed by atoms with Gasteiger partial charge in [0, 0.05) is 11.8 Å². The summed E-state index contributed by atoms with van der Waals surface area (Å²) >= 11 is 0. The van der Waals surface area contributed by atoms with Crippen LogP contribution in [-0.2, 0) is 6.61 Å². The predicted octanol–water partition coefficient (Wildman–Crippen LogP) is 1.65. The molecule has 5 nitrogen and oxygen atoms in total. The first-order chi connectivity index (χ1) is 9.10. The number of hydrogen-bond donors (Lipinski definition) is 3. The van der Waals surface area contributed by atoms with Crippen LogP contribution in [0.5, 0.6) is 11.5 Å². The van der Waals surface area contributed by atoms with E-state index in [0.29, 0.717) is 22.7 Å². The van der Waals surface area contributed by atoms with Crippen LogP contribution in [0.25, 0.3) is 0 Å². The Hall–Kier alpha value is -2.53. The number of rotatable bonds is 4. The molecule has 0 aromatic heterocycles. The van der Waals surface area contributed by atoms with E-state index in [1.807, 2.05) is 0 Å². The lowest BCUT2D eigenvalue weighted by Gasteiger charge is -2.10. The van der Waals surface area contributed by atoms with E-state index in [4.69, 9.17) is 21.3 Å². The van der Waals surface area contributed by atoms with Crippen molar-refractivity contribution in [2.24, 2.45) is 5.73 Å². The van der Waals surface area contributed by atoms with Gasteiger partial charge < -0.3 is 21.3 Å². The number of aliphatic hydroxyl groups excluding tert-OH is 1. The number of ether oxygens (including phenoxy) is 1. The largest absolute Gasteiger partial charge is 0.456 e. The number of benzene rings is 2. The standard InChI is InChI=1S/C14H14N2O3/c15-10-4-5-12(14(16)18)13(7-10)19-11-3-1-2-9(6-11)8-17/h1-7,17H,8,15H2,(H2,16,18). The summed E-state index contributed by atoms with van der Waals surface area (Å²) in [6.45, 7) is -0.0865. The summed E-state index contributed by atoms with van der Waals surface area (Å²) in [7, 11) is 0. The molecule has 2 rings (SSSR count). The van der Waals surface area contributed by atoms with Crippen molar-refractivity contribution in [1.82, 2.24) is 0 Å². The maximum absolute atomic E-state index is 11.3. The third-order valence-corrected chi connectivity index (χ3v) is 2.58. The first-order valence-corrected chi connectivity index (χ1v) is 5.67. The number of nitrogens with two attached hydrogens (primary N) is 2. The second-order valence-corrected chi connectivity index (χ2v) is 4.03. The number of nitrogen functional groups attached to an aromatic ring is 1. The lowest BCUT2D eigenvalue weighted by molar-refractivity contribution is 0.0998. The lowest BCUT2D eigenvalue weighted by Crippen LogP contribution is -2.12. The van der Waals surface area contributed by atoms with E-state index < -0.39 is 5.91 Å². The molecule has 98 valence electrons. The Kier molecular flexibility index (Phi) is 3.68. The molecule has 0 aliphatic heterocycles. The van der Waals surface area contributed by atoms with Crippen LogP contribution in [0.15, 0.2) is 42.5 Å². The van der Waals surface area contributed by atoms with Gasteiger partial charge in [0.05, 0.1) is 12.2 Å². The van der Waals surface area contributed by atoms with Crippen LogP contribution >= 0.6 is 0 Å². The number of amides is 1. The van der Waals surface area contributed by atoms with Crippen LogP contribution in [0, 0.1) is 0 Å². The highest BCUT2D eigenvalue weighted by molar-refractivity contribution is 5.96. The average Bonchev–Trinajstić information content (AvgIpc) is 2.38. The number of carbonyl (C=O) groups excluding carboxylic acids is 1. The highest BCUT2D eigenvalue weighted by atomic mass is 16.5. The topological polar surface area (TPSA) is 98.6 Å². The Morgan fingerprint density at radius 3 is 2.68 bits per heavy atom. The van der Waals surface area contributed by atoms with Gasteiger partial charge in [-0.2, -0.15) is 0 Å². The molecule has 0 radical (unpaired) electrons. The second-order valence-electron chi connectivity index (χ2n) is 4.03. The minimum atomic E-state index is -0.590. The van der Waals surface area contributed by atoms with E-state index in [1.165, 1.54) is 12.1 Å². The molecule has 0 spiro atoms. The smallest absolute Gasteiger partial charge is 0.252 e. The lowest BCUT2D eigenvalue weighted by atomic mass is 10.1. The van der Waals surface area contributed by atoms with Crippen molar-refractivity contribution in [1.29, 1.82) is 0 Å². The van der Waals surface area contributed by atoms with Crippen LogP contribution in [0.4, 0.5) is 5.69 Å². The van der Waals surface area contributed by atoms with Crippen LogP contribution in [0.1, 0.15) is 15.9 Å². The monoisotopic (exact) mass is 258 g/mol. The third kappa shape index (κ3) is 3.02. The van der Waals surface area contributed by atoms with E-state index in [-0.39, 0.29) is 12.2 Å². The molecule has 0 fully saturated rings. The van der Waals surface area contributed by atoms with Gasteiger partial charge in [-0.15, -0.1) is 0 Å². The Morgan fingerprint density at radius 2 is 2.00 bits per heavy atom. The van der Waals surface area contributed by atoms with E-state index >= 15 is 0 Å². The first kappa shape index (κ1) is 12.9. The molecule has 0 heterocycles. The number of primary amides is 1. The van der Waals surface area contributed by atoms with Crippen molar-refractivity contribution >= 4 is 11.6 Å². The maximum Gasteiger partial charge on any atom is 0.252 e. The Bertz CT molecular complexity index is 611. The van der Waals surface area contributed by atoms with Crippen molar-refractivity contribution in [3.63, 3.8) is 0 Å². The highest BCUT2D eigenvalue weighted by Crippen LogP contribution is 2.27. The van der Waals surface area contributed by atoms with Gasteiger partial charge >= 0.3 is 0 Å². The molecule has 0 unspecified atom stereocenters. The summed E-state index contributed by atoms with van der Waals surface area (Å²) < 4.78 is 5.60. The fourth-order valence-corrected chi connectivity index (χ4v) is 1.66. The van der Waals surface area contributed by atoms with Gasteiger partial charge in [0.1, 0.15) is 11.5 Å². The van der Waals surface area contributed by atoms with Crippen molar-refractivity contribution in [3.05, 3.63) is 53.6 Å². The zero-order chi connectivity index (χ0) is 13.8. The Morgan fingerprint density at radius 1 is 1.21 bits per heavy atom. The molecule has 5 N–H and O–H groups in total. The third-order valence-electron chi connectivity index (χ3n) is 2.58. The van der Waals surface area contributed by atoms with Gasteiger partial charge in [-0.25, -0.2) is 0 Å². The molecule has 1 amide bonds. The predicted molar refractivity (Wildman–Crippen MR) is 71.8 cm³/mol. The van der Waals surface area contributed by atoms with E-state index in [9.17, 15) is 4.79 Å². The number of carbonyl (C=O) groups is 1. The molecule has 2 aromatic rings. The number of aliphatic hydroxyl groups is 1. The van der Waals surface area contributed by atoms with Gasteiger partial charge in [0.25, 0.3) is 5.91 Å². The summed E-state index contributed by atoms with van der Waals surface area (Å²) in [5.74, 6) is 0.204. The number of hydrogen-bond acceptors (Lipinski definition) is 4. The molecule has 2 aromatic carbocycles. The zero-order valence-corrected chi connectivity index (χ0v) is 10.2. The fourth-order valence-electron chi connectivity index (χ4n) is 1.66. The molecule has 19 heavy (non-hydrogen) atoms. The maximum atomic E-state index is 11.3. The van der Waals surface area contributed by atoms with Gasteiger partial charge in [0.15, 0.2) is 0 Å². The van der Waals surface area contributed by atoms with Crippen LogP contribution in [0.3, 0.4) is 0 Å². The minimum absolute atomic E-state index is 0.0865. The van der Waals surface area contributed by atoms with E-state index in [2.05, 4.69) is 0 Å². The molecule has 5 heteroatoms. The quantitative estimate of drug-likeness (QED) is 0.726. The molecule has 0 saturated carbocycles. The normalized spacial score (nSPS) is 10.2. The second kappa shape index (κ2) is 5.41. The van der Waals surface area contributed by atoms with Crippen LogP contribution in [0.2, 0.25) is 0 Å². The van der Waals surface area contributed by atoms with E-state index in [0.717, 1.165) is 0 Å². The first-order valence-electron chi connectivity index (χ1n) is 5.67. The van der Waals surface area contributed by atoms with Gasteiger partial charge in [0.2, 0.25) is 0 Å². The minimum Gasteiger partial charge on any atom is -0.456 e. The zero-order valence-electron chi connectivity index (χ0n) is 10.2. The van der Waals surface area contributed by atoms with Crippen molar-refractivity contribution in [2.45, 2.75) is 6.61 Å². The Balaban J connectivity index is 2.36. The van der Waals surface area contributed by atoms with Crippen molar-refractivity contribution in [3.8, 4) is 11.5 Å². The van der Waals surface area contributed by atoms with Gasteiger partial charge in [-0.1, -0.05) is 12.1 Å². The van der Waals surface area contributed by atoms with Crippen LogP contribution < -0.4 is 16.2 Å². The molecule has 0 atom stereocenters. The summed E-state index contributed by atoms with van der Waals surface area (Å²) in [6.07, 6.45) is 0. The van der Waals surface area contributed by atoms with Crippen molar-refractivity contribution in [2.75, 3.05) is 5.73 Å². The fraction of sp³-hybridized carbons (Fsp3) is 0.0714. The number of anilines is 1. The summed E-state index contributed by atoms with van der Waals surface area (Å²) in [6, 6.07) is 11.5. The van der Waals surface area contributed by atoms with Crippen LogP contribution in [-0.4, -0.2) is 11.0 Å². The van der Waals surface area contributed by atoms with Crippen molar-refractivity contribution < 1.29 is 14.6 Å². The summed E-state index contributed by atoms with van der Waals surface area (Å²) in [5.41, 5.74) is 12.4. The average molecular weight is 258 g/mol. The molecule has 0 aliphatic rings. The molecule has 0 saturated heterocycles. The molecular formula is C14H14N2O3. The Labute approximate surface area is 110 Å². The van der Waals surface area contributed by atoms with E-state index in [1.54, 1.807) is 30.3 Å². The molecule has 0 bridgehead atoms. The summed E-state index contributed by atoms with van der Waals surface area (Å²) in [5, 5.41) is 9.07.